The molecule has 2 rings (SSSR count). The number of rotatable bonds is 1. The van der Waals surface area contributed by atoms with Gasteiger partial charge in [-0.1, -0.05) is 0 Å². The third-order valence-corrected chi connectivity index (χ3v) is 3.40. The molecule has 0 aromatic carbocycles. The monoisotopic (exact) mass is 169 g/mol. The van der Waals surface area contributed by atoms with Crippen molar-refractivity contribution in [2.24, 2.45) is 23.5 Å². The van der Waals surface area contributed by atoms with E-state index in [4.69, 9.17) is 10.8 Å². The molecule has 2 aliphatic rings. The highest BCUT2D eigenvalue weighted by atomic mass is 16.4. The first kappa shape index (κ1) is 8.05. The number of carbonyl (C=O) groups is 1. The Hall–Kier alpha value is -0.570. The second-order valence-electron chi connectivity index (χ2n) is 4.26. The van der Waals surface area contributed by atoms with Gasteiger partial charge in [-0.15, -0.1) is 0 Å². The standard InChI is InChI=1S/C9H15NO2/c10-8-3-5-1-7(9(11)12)2-6(5)4-8/h5-8H,1-4,10H2,(H,11,12). The normalized spacial score (nSPS) is 46.1. The van der Waals surface area contributed by atoms with Crippen LogP contribution in [-0.4, -0.2) is 17.1 Å². The molecule has 3 nitrogen and oxygen atoms in total. The lowest BCUT2D eigenvalue weighted by molar-refractivity contribution is -0.141. The van der Waals surface area contributed by atoms with E-state index in [0.29, 0.717) is 17.9 Å². The van der Waals surface area contributed by atoms with Gasteiger partial charge in [0.05, 0.1) is 5.92 Å². The van der Waals surface area contributed by atoms with Gasteiger partial charge in [-0.05, 0) is 37.5 Å². The number of carboxylic acids is 1. The van der Waals surface area contributed by atoms with Crippen LogP contribution in [0.25, 0.3) is 0 Å². The molecule has 0 heterocycles. The van der Waals surface area contributed by atoms with Gasteiger partial charge in [0, 0.05) is 6.04 Å². The lowest BCUT2D eigenvalue weighted by Gasteiger charge is -2.06. The number of hydrogen-bond acceptors (Lipinski definition) is 2. The minimum atomic E-state index is -0.613. The number of fused-ring (bicyclic) bond motifs is 1. The van der Waals surface area contributed by atoms with Gasteiger partial charge in [0.1, 0.15) is 0 Å². The van der Waals surface area contributed by atoms with Gasteiger partial charge in [0.25, 0.3) is 0 Å². The molecule has 0 spiro atoms. The molecule has 3 N–H and O–H groups in total. The van der Waals surface area contributed by atoms with Gasteiger partial charge in [0.15, 0.2) is 0 Å². The van der Waals surface area contributed by atoms with E-state index < -0.39 is 5.97 Å². The Labute approximate surface area is 71.9 Å². The van der Waals surface area contributed by atoms with E-state index in [1.54, 1.807) is 0 Å². The molecule has 0 aromatic heterocycles. The molecule has 0 saturated heterocycles. The summed E-state index contributed by atoms with van der Waals surface area (Å²) < 4.78 is 0. The van der Waals surface area contributed by atoms with Gasteiger partial charge in [-0.3, -0.25) is 4.79 Å². The van der Waals surface area contributed by atoms with Crippen molar-refractivity contribution in [3.63, 3.8) is 0 Å². The second kappa shape index (κ2) is 2.73. The Balaban J connectivity index is 1.98. The van der Waals surface area contributed by atoms with E-state index in [9.17, 15) is 4.79 Å². The summed E-state index contributed by atoms with van der Waals surface area (Å²) in [4.78, 5) is 10.7. The predicted molar refractivity (Wildman–Crippen MR) is 44.5 cm³/mol. The first-order valence-electron chi connectivity index (χ1n) is 4.65. The Morgan fingerprint density at radius 3 is 2.08 bits per heavy atom. The molecule has 0 amide bonds. The summed E-state index contributed by atoms with van der Waals surface area (Å²) in [6, 6.07) is 0.342. The molecule has 2 atom stereocenters. The Morgan fingerprint density at radius 2 is 1.67 bits per heavy atom. The van der Waals surface area contributed by atoms with E-state index in [-0.39, 0.29) is 5.92 Å². The van der Waals surface area contributed by atoms with Gasteiger partial charge in [-0.25, -0.2) is 0 Å². The SMILES string of the molecule is NC1CC2CC(C(=O)O)CC2C1. The van der Waals surface area contributed by atoms with Crippen molar-refractivity contribution in [3.05, 3.63) is 0 Å². The molecule has 2 saturated carbocycles. The Bertz CT molecular complexity index is 191. The second-order valence-corrected chi connectivity index (χ2v) is 4.26. The van der Waals surface area contributed by atoms with Crippen LogP contribution in [0.1, 0.15) is 25.7 Å². The quantitative estimate of drug-likeness (QED) is 0.611. The zero-order valence-corrected chi connectivity index (χ0v) is 7.07. The van der Waals surface area contributed by atoms with Crippen molar-refractivity contribution < 1.29 is 9.90 Å². The van der Waals surface area contributed by atoms with Crippen LogP contribution in [0.2, 0.25) is 0 Å². The number of nitrogens with two attached hydrogens (primary N) is 1. The van der Waals surface area contributed by atoms with Gasteiger partial charge < -0.3 is 10.8 Å². The number of carboxylic acid groups (broad SMARTS) is 1. The molecule has 0 radical (unpaired) electrons. The molecule has 68 valence electrons. The summed E-state index contributed by atoms with van der Waals surface area (Å²) in [5.41, 5.74) is 5.80. The topological polar surface area (TPSA) is 63.3 Å². The average molecular weight is 169 g/mol. The van der Waals surface area contributed by atoms with E-state index in [2.05, 4.69) is 0 Å². The zero-order chi connectivity index (χ0) is 8.72. The fourth-order valence-corrected chi connectivity index (χ4v) is 2.86. The largest absolute Gasteiger partial charge is 0.481 e. The molecule has 0 aliphatic heterocycles. The van der Waals surface area contributed by atoms with Crippen LogP contribution in [0.4, 0.5) is 0 Å². The highest BCUT2D eigenvalue weighted by Crippen LogP contribution is 2.46. The minimum Gasteiger partial charge on any atom is -0.481 e. The molecule has 0 aromatic rings. The third-order valence-electron chi connectivity index (χ3n) is 3.40. The van der Waals surface area contributed by atoms with Crippen molar-refractivity contribution in [3.8, 4) is 0 Å². The van der Waals surface area contributed by atoms with Crippen LogP contribution in [0.5, 0.6) is 0 Å². The smallest absolute Gasteiger partial charge is 0.306 e. The molecular weight excluding hydrogens is 154 g/mol. The van der Waals surface area contributed by atoms with E-state index in [1.807, 2.05) is 0 Å². The van der Waals surface area contributed by atoms with E-state index in [1.165, 1.54) is 0 Å². The molecule has 3 heteroatoms. The van der Waals surface area contributed by atoms with Crippen LogP contribution in [0.3, 0.4) is 0 Å². The van der Waals surface area contributed by atoms with Gasteiger partial charge >= 0.3 is 5.97 Å². The van der Waals surface area contributed by atoms with Crippen molar-refractivity contribution in [1.82, 2.24) is 0 Å². The van der Waals surface area contributed by atoms with Crippen LogP contribution in [-0.2, 0) is 4.79 Å². The maximum absolute atomic E-state index is 10.7. The van der Waals surface area contributed by atoms with Crippen LogP contribution in [0.15, 0.2) is 0 Å². The summed E-state index contributed by atoms with van der Waals surface area (Å²) in [7, 11) is 0. The molecule has 0 bridgehead atoms. The highest BCUT2D eigenvalue weighted by molar-refractivity contribution is 5.70. The minimum absolute atomic E-state index is 0.0764. The lowest BCUT2D eigenvalue weighted by Crippen LogP contribution is -2.18. The maximum Gasteiger partial charge on any atom is 0.306 e. The lowest BCUT2D eigenvalue weighted by atomic mass is 10.0. The molecule has 12 heavy (non-hydrogen) atoms. The van der Waals surface area contributed by atoms with Crippen LogP contribution >= 0.6 is 0 Å². The molecule has 2 unspecified atom stereocenters. The molecule has 2 aliphatic carbocycles. The van der Waals surface area contributed by atoms with E-state index >= 15 is 0 Å². The summed E-state index contributed by atoms with van der Waals surface area (Å²) in [6.45, 7) is 0. The van der Waals surface area contributed by atoms with Gasteiger partial charge in [0.2, 0.25) is 0 Å². The first-order valence-corrected chi connectivity index (χ1v) is 4.65. The fraction of sp³-hybridized carbons (Fsp3) is 0.889. The summed E-state index contributed by atoms with van der Waals surface area (Å²) >= 11 is 0. The van der Waals surface area contributed by atoms with Crippen molar-refractivity contribution in [2.45, 2.75) is 31.7 Å². The third kappa shape index (κ3) is 1.22. The van der Waals surface area contributed by atoms with Gasteiger partial charge in [-0.2, -0.15) is 0 Å². The first-order chi connectivity index (χ1) is 5.66. The molecule has 2 fully saturated rings. The Morgan fingerprint density at radius 1 is 1.17 bits per heavy atom. The van der Waals surface area contributed by atoms with Crippen molar-refractivity contribution in [1.29, 1.82) is 0 Å². The number of hydrogen-bond donors (Lipinski definition) is 2. The zero-order valence-electron chi connectivity index (χ0n) is 7.07. The fourth-order valence-electron chi connectivity index (χ4n) is 2.86. The average Bonchev–Trinajstić information content (AvgIpc) is 2.42. The van der Waals surface area contributed by atoms with Crippen molar-refractivity contribution in [2.75, 3.05) is 0 Å². The summed E-state index contributed by atoms with van der Waals surface area (Å²) in [5, 5.41) is 8.80. The Kier molecular flexibility index (Phi) is 1.83. The van der Waals surface area contributed by atoms with E-state index in [0.717, 1.165) is 25.7 Å². The van der Waals surface area contributed by atoms with Crippen molar-refractivity contribution >= 4 is 5.97 Å². The summed E-state index contributed by atoms with van der Waals surface area (Å²) in [5.74, 6) is 0.535. The predicted octanol–water partition coefficient (Wildman–Crippen LogP) is 0.834. The van der Waals surface area contributed by atoms with Crippen LogP contribution in [0, 0.1) is 17.8 Å². The summed E-state index contributed by atoms with van der Waals surface area (Å²) in [6.07, 6.45) is 3.84. The maximum atomic E-state index is 10.7. The number of aliphatic carboxylic acids is 1. The molecular formula is C9H15NO2. The van der Waals surface area contributed by atoms with Crippen LogP contribution < -0.4 is 5.73 Å². The highest BCUT2D eigenvalue weighted by Gasteiger charge is 2.42.